The Labute approximate surface area is 122 Å². The van der Waals surface area contributed by atoms with Crippen LogP contribution in [0.25, 0.3) is 10.8 Å². The molecule has 0 aliphatic rings. The highest BCUT2D eigenvalue weighted by Crippen LogP contribution is 2.26. The Morgan fingerprint density at radius 2 is 1.45 bits per heavy atom. The second-order valence-corrected chi connectivity index (χ2v) is 5.14. The third kappa shape index (κ3) is 2.45. The molecule has 0 N–H and O–H groups in total. The fourth-order valence-electron chi connectivity index (χ4n) is 2.26. The fourth-order valence-corrected chi connectivity index (χ4v) is 2.53. The zero-order valence-corrected chi connectivity index (χ0v) is 11.5. The molecule has 0 heterocycles. The molecular weight excluding hydrogens is 268 g/mol. The van der Waals surface area contributed by atoms with Crippen LogP contribution in [0.3, 0.4) is 0 Å². The third-order valence-electron chi connectivity index (χ3n) is 3.36. The summed E-state index contributed by atoms with van der Waals surface area (Å²) in [6.07, 6.45) is 0. The average Bonchev–Trinajstić information content (AvgIpc) is 2.54. The van der Waals surface area contributed by atoms with Gasteiger partial charge in [-0.2, -0.15) is 0 Å². The molecule has 0 bridgehead atoms. The van der Waals surface area contributed by atoms with Gasteiger partial charge in [0.1, 0.15) is 5.38 Å². The Morgan fingerprint density at radius 1 is 0.800 bits per heavy atom. The van der Waals surface area contributed by atoms with Gasteiger partial charge in [0.25, 0.3) is 0 Å². The summed E-state index contributed by atoms with van der Waals surface area (Å²) in [4.78, 5) is 12.5. The van der Waals surface area contributed by atoms with Crippen LogP contribution in [0.15, 0.2) is 72.8 Å². The van der Waals surface area contributed by atoms with Gasteiger partial charge in [-0.15, -0.1) is 11.6 Å². The highest BCUT2D eigenvalue weighted by atomic mass is 35.5. The second-order valence-electron chi connectivity index (χ2n) is 4.70. The summed E-state index contributed by atoms with van der Waals surface area (Å²) < 4.78 is 0. The zero-order valence-electron chi connectivity index (χ0n) is 10.8. The number of hydrogen-bond acceptors (Lipinski definition) is 1. The summed E-state index contributed by atoms with van der Waals surface area (Å²) in [5.41, 5.74) is 1.47. The van der Waals surface area contributed by atoms with Crippen molar-refractivity contribution in [3.05, 3.63) is 83.9 Å². The van der Waals surface area contributed by atoms with Crippen LogP contribution in [0.5, 0.6) is 0 Å². The van der Waals surface area contributed by atoms with E-state index in [1.54, 1.807) is 0 Å². The lowest BCUT2D eigenvalue weighted by Crippen LogP contribution is -2.07. The van der Waals surface area contributed by atoms with Gasteiger partial charge in [-0.05, 0) is 22.4 Å². The Balaban J connectivity index is 1.96. The summed E-state index contributed by atoms with van der Waals surface area (Å²) in [5, 5.41) is 1.53. The first-order valence-corrected chi connectivity index (χ1v) is 6.91. The van der Waals surface area contributed by atoms with Gasteiger partial charge in [-0.1, -0.05) is 66.7 Å². The molecule has 3 aromatic rings. The molecule has 0 spiro atoms. The summed E-state index contributed by atoms with van der Waals surface area (Å²) in [5.74, 6) is -0.0661. The molecule has 0 aliphatic carbocycles. The van der Waals surface area contributed by atoms with E-state index < -0.39 is 5.38 Å². The van der Waals surface area contributed by atoms with E-state index in [9.17, 15) is 4.79 Å². The average molecular weight is 281 g/mol. The maximum atomic E-state index is 12.5. The Bertz CT molecular complexity index is 749. The normalized spacial score (nSPS) is 12.2. The molecule has 1 nitrogen and oxygen atoms in total. The number of alkyl halides is 1. The molecule has 0 fully saturated rings. The number of Topliss-reactive ketones (excluding diaryl/α,β-unsaturated/α-hetero) is 1. The molecule has 0 saturated carbocycles. The van der Waals surface area contributed by atoms with E-state index in [4.69, 9.17) is 11.6 Å². The lowest BCUT2D eigenvalue weighted by Gasteiger charge is -2.09. The minimum absolute atomic E-state index is 0.0661. The number of halogens is 1. The number of rotatable bonds is 3. The highest BCUT2D eigenvalue weighted by molar-refractivity contribution is 6.34. The molecule has 98 valence electrons. The number of carbonyl (C=O) groups excluding carboxylic acids is 1. The van der Waals surface area contributed by atoms with Crippen molar-refractivity contribution >= 4 is 28.2 Å². The molecule has 2 heteroatoms. The first kappa shape index (κ1) is 12.9. The van der Waals surface area contributed by atoms with Gasteiger partial charge in [0.15, 0.2) is 5.78 Å². The van der Waals surface area contributed by atoms with Gasteiger partial charge < -0.3 is 0 Å². The Morgan fingerprint density at radius 3 is 2.20 bits per heavy atom. The molecule has 0 radical (unpaired) electrons. The molecule has 0 saturated heterocycles. The number of fused-ring (bicyclic) bond motifs is 1. The van der Waals surface area contributed by atoms with Crippen LogP contribution >= 0.6 is 11.6 Å². The Kier molecular flexibility index (Phi) is 3.53. The van der Waals surface area contributed by atoms with Crippen LogP contribution in [0.2, 0.25) is 0 Å². The number of hydrogen-bond donors (Lipinski definition) is 0. The summed E-state index contributed by atoms with van der Waals surface area (Å²) >= 11 is 6.29. The van der Waals surface area contributed by atoms with Crippen LogP contribution in [0, 0.1) is 0 Å². The van der Waals surface area contributed by atoms with Gasteiger partial charge in [-0.3, -0.25) is 4.79 Å². The molecule has 20 heavy (non-hydrogen) atoms. The van der Waals surface area contributed by atoms with E-state index in [0.717, 1.165) is 16.3 Å². The van der Waals surface area contributed by atoms with E-state index in [1.807, 2.05) is 72.8 Å². The maximum Gasteiger partial charge on any atom is 0.185 e. The predicted octanol–water partition coefficient (Wildman–Crippen LogP) is 5.00. The molecule has 0 aliphatic heterocycles. The predicted molar refractivity (Wildman–Crippen MR) is 83.3 cm³/mol. The van der Waals surface area contributed by atoms with Gasteiger partial charge >= 0.3 is 0 Å². The summed E-state index contributed by atoms with van der Waals surface area (Å²) in [6.45, 7) is 0. The second kappa shape index (κ2) is 5.48. The zero-order chi connectivity index (χ0) is 13.9. The molecule has 0 amide bonds. The lowest BCUT2D eigenvalue weighted by atomic mass is 9.99. The first-order valence-electron chi connectivity index (χ1n) is 6.48. The van der Waals surface area contributed by atoms with E-state index in [1.165, 1.54) is 0 Å². The quantitative estimate of drug-likeness (QED) is 0.487. The van der Waals surface area contributed by atoms with Crippen LogP contribution in [-0.2, 0) is 0 Å². The van der Waals surface area contributed by atoms with Crippen LogP contribution in [0.4, 0.5) is 0 Å². The molecule has 1 unspecified atom stereocenters. The van der Waals surface area contributed by atoms with Crippen molar-refractivity contribution in [2.24, 2.45) is 0 Å². The van der Waals surface area contributed by atoms with E-state index >= 15 is 0 Å². The van der Waals surface area contributed by atoms with E-state index in [0.29, 0.717) is 5.56 Å². The number of ketones is 1. The SMILES string of the molecule is O=C(c1ccc2ccccc2c1)C(Cl)c1ccccc1. The summed E-state index contributed by atoms with van der Waals surface area (Å²) in [6, 6.07) is 23.1. The van der Waals surface area contributed by atoms with Gasteiger partial charge in [-0.25, -0.2) is 0 Å². The van der Waals surface area contributed by atoms with Crippen molar-refractivity contribution in [3.63, 3.8) is 0 Å². The third-order valence-corrected chi connectivity index (χ3v) is 3.81. The fraction of sp³-hybridized carbons (Fsp3) is 0.0556. The van der Waals surface area contributed by atoms with Gasteiger partial charge in [0.05, 0.1) is 0 Å². The lowest BCUT2D eigenvalue weighted by molar-refractivity contribution is 0.0987. The van der Waals surface area contributed by atoms with Crippen LogP contribution in [-0.4, -0.2) is 5.78 Å². The van der Waals surface area contributed by atoms with Crippen molar-refractivity contribution in [1.29, 1.82) is 0 Å². The van der Waals surface area contributed by atoms with E-state index in [-0.39, 0.29) is 5.78 Å². The van der Waals surface area contributed by atoms with Crippen LogP contribution in [0.1, 0.15) is 21.3 Å². The highest BCUT2D eigenvalue weighted by Gasteiger charge is 2.19. The molecule has 3 aromatic carbocycles. The van der Waals surface area contributed by atoms with Crippen molar-refractivity contribution in [2.75, 3.05) is 0 Å². The number of benzene rings is 3. The maximum absolute atomic E-state index is 12.5. The van der Waals surface area contributed by atoms with Crippen molar-refractivity contribution in [2.45, 2.75) is 5.38 Å². The molecule has 0 aromatic heterocycles. The minimum atomic E-state index is -0.641. The van der Waals surface area contributed by atoms with Crippen molar-refractivity contribution in [3.8, 4) is 0 Å². The summed E-state index contributed by atoms with van der Waals surface area (Å²) in [7, 11) is 0. The minimum Gasteiger partial charge on any atom is -0.292 e. The van der Waals surface area contributed by atoms with E-state index in [2.05, 4.69) is 0 Å². The smallest absolute Gasteiger partial charge is 0.185 e. The topological polar surface area (TPSA) is 17.1 Å². The van der Waals surface area contributed by atoms with Gasteiger partial charge in [0, 0.05) is 5.56 Å². The molecular formula is C18H13ClO. The standard InChI is InChI=1S/C18H13ClO/c19-17(14-7-2-1-3-8-14)18(20)16-11-10-13-6-4-5-9-15(13)12-16/h1-12,17H. The monoisotopic (exact) mass is 280 g/mol. The molecule has 3 rings (SSSR count). The van der Waals surface area contributed by atoms with Crippen LogP contribution < -0.4 is 0 Å². The molecule has 1 atom stereocenters. The van der Waals surface area contributed by atoms with Crippen molar-refractivity contribution < 1.29 is 4.79 Å². The Hall–Kier alpha value is -2.12. The van der Waals surface area contributed by atoms with Crippen molar-refractivity contribution in [1.82, 2.24) is 0 Å². The first-order chi connectivity index (χ1) is 9.75. The number of carbonyl (C=O) groups is 1. The largest absolute Gasteiger partial charge is 0.292 e. The van der Waals surface area contributed by atoms with Gasteiger partial charge in [0.2, 0.25) is 0 Å².